The first kappa shape index (κ1) is 17.0. The number of aliphatic imine (C=N–C) groups is 1. The van der Waals surface area contributed by atoms with Crippen molar-refractivity contribution in [1.29, 1.82) is 0 Å². The van der Waals surface area contributed by atoms with Gasteiger partial charge in [-0.1, -0.05) is 0 Å². The van der Waals surface area contributed by atoms with Gasteiger partial charge in [-0.05, 0) is 33.6 Å². The van der Waals surface area contributed by atoms with Crippen molar-refractivity contribution in [2.75, 3.05) is 60.4 Å². The van der Waals surface area contributed by atoms with Crippen molar-refractivity contribution >= 4 is 12.1 Å². The third kappa shape index (κ3) is 9.09. The lowest BCUT2D eigenvalue weighted by atomic mass is 10.3. The van der Waals surface area contributed by atoms with Crippen molar-refractivity contribution in [2.45, 2.75) is 6.42 Å². The first-order valence-corrected chi connectivity index (χ1v) is 6.37. The van der Waals surface area contributed by atoms with Crippen LogP contribution in [0.4, 0.5) is 0 Å². The molecular weight excluding hydrogens is 230 g/mol. The number of hydrogen-bond acceptors (Lipinski definition) is 5. The lowest BCUT2D eigenvalue weighted by Crippen LogP contribution is -2.45. The van der Waals surface area contributed by atoms with Gasteiger partial charge in [0.25, 0.3) is 0 Å². The zero-order valence-corrected chi connectivity index (χ0v) is 11.9. The summed E-state index contributed by atoms with van der Waals surface area (Å²) >= 11 is 0. The minimum Gasteiger partial charge on any atom is -0.381 e. The van der Waals surface area contributed by atoms with E-state index in [4.69, 9.17) is 5.73 Å². The number of aldehydes is 1. The molecule has 0 bridgehead atoms. The lowest BCUT2D eigenvalue weighted by Gasteiger charge is -2.32. The number of hydrogen-bond donors (Lipinski definition) is 2. The van der Waals surface area contributed by atoms with Crippen LogP contribution in [0.3, 0.4) is 0 Å². The fourth-order valence-corrected chi connectivity index (χ4v) is 1.60. The van der Waals surface area contributed by atoms with Gasteiger partial charge < -0.3 is 20.9 Å². The summed E-state index contributed by atoms with van der Waals surface area (Å²) in [6.45, 7) is 7.38. The van der Waals surface area contributed by atoms with Crippen LogP contribution in [-0.4, -0.2) is 82.3 Å². The van der Waals surface area contributed by atoms with Gasteiger partial charge in [-0.25, -0.2) is 0 Å². The molecule has 1 fully saturated rings. The molecule has 0 radical (unpaired) electrons. The fraction of sp³-hybridized carbons (Fsp3) is 0.833. The van der Waals surface area contributed by atoms with Crippen LogP contribution in [0.15, 0.2) is 4.99 Å². The first-order chi connectivity index (χ1) is 8.63. The van der Waals surface area contributed by atoms with Gasteiger partial charge in [0.15, 0.2) is 12.1 Å². The number of piperazine rings is 1. The van der Waals surface area contributed by atoms with Crippen LogP contribution in [0.2, 0.25) is 0 Å². The Balaban J connectivity index is 0.000000411. The van der Waals surface area contributed by atoms with Crippen molar-refractivity contribution in [3.63, 3.8) is 0 Å². The van der Waals surface area contributed by atoms with E-state index in [1.165, 1.54) is 46.2 Å². The largest absolute Gasteiger partial charge is 0.381 e. The van der Waals surface area contributed by atoms with Gasteiger partial charge in [0.1, 0.15) is 0 Å². The monoisotopic (exact) mass is 257 g/mol. The molecule has 0 spiro atoms. The number of carbonyl (C=O) groups excluding carboxylic acids is 1. The zero-order chi connectivity index (χ0) is 13.8. The molecule has 0 atom stereocenters. The van der Waals surface area contributed by atoms with Gasteiger partial charge in [0.2, 0.25) is 0 Å². The van der Waals surface area contributed by atoms with Crippen LogP contribution in [0.5, 0.6) is 0 Å². The van der Waals surface area contributed by atoms with E-state index >= 15 is 0 Å². The fourth-order valence-electron chi connectivity index (χ4n) is 1.60. The molecule has 18 heavy (non-hydrogen) atoms. The maximum absolute atomic E-state index is 9.48. The zero-order valence-electron chi connectivity index (χ0n) is 11.9. The second kappa shape index (κ2) is 11.1. The molecule has 106 valence electrons. The second-order valence-corrected chi connectivity index (χ2v) is 4.37. The lowest BCUT2D eigenvalue weighted by molar-refractivity contribution is -0.102. The molecule has 1 rings (SSSR count). The van der Waals surface area contributed by atoms with Crippen LogP contribution in [0.1, 0.15) is 6.42 Å². The van der Waals surface area contributed by atoms with Crippen LogP contribution in [-0.2, 0) is 4.79 Å². The number of nitrogens with two attached hydrogens (primary N) is 1. The SMILES string of the molecule is CN=C(N)C=O.CNCCCN1CCN(C)CC1. The summed E-state index contributed by atoms with van der Waals surface area (Å²) in [5, 5.41) is 3.18. The summed E-state index contributed by atoms with van der Waals surface area (Å²) in [6, 6.07) is 0. The van der Waals surface area contributed by atoms with E-state index in [-0.39, 0.29) is 5.84 Å². The van der Waals surface area contributed by atoms with E-state index in [0.717, 1.165) is 6.54 Å². The van der Waals surface area contributed by atoms with Crippen LogP contribution in [0, 0.1) is 0 Å². The molecule has 6 heteroatoms. The van der Waals surface area contributed by atoms with E-state index in [1.54, 1.807) is 0 Å². The van der Waals surface area contributed by atoms with Crippen LogP contribution in [0.25, 0.3) is 0 Å². The molecule has 1 aliphatic heterocycles. The standard InChI is InChI=1S/C9H21N3.C3H6N2O/c1-10-4-3-5-12-8-6-11(2)7-9-12;1-5-3(4)2-6/h10H,3-9H2,1-2H3;2H,1H3,(H2,4,5). The molecule has 1 aliphatic rings. The molecule has 1 saturated heterocycles. The summed E-state index contributed by atoms with van der Waals surface area (Å²) in [5.74, 6) is 0.0370. The van der Waals surface area contributed by atoms with Crippen molar-refractivity contribution in [3.8, 4) is 0 Å². The molecule has 0 amide bonds. The normalized spacial score (nSPS) is 18.1. The summed E-state index contributed by atoms with van der Waals surface area (Å²) in [5.41, 5.74) is 4.85. The number of nitrogens with zero attached hydrogens (tertiary/aromatic N) is 3. The summed E-state index contributed by atoms with van der Waals surface area (Å²) in [6.07, 6.45) is 1.78. The third-order valence-electron chi connectivity index (χ3n) is 2.88. The molecule has 0 aromatic carbocycles. The van der Waals surface area contributed by atoms with E-state index in [2.05, 4.69) is 27.2 Å². The van der Waals surface area contributed by atoms with Crippen LogP contribution < -0.4 is 11.1 Å². The van der Waals surface area contributed by atoms with Crippen molar-refractivity contribution in [1.82, 2.24) is 15.1 Å². The molecular formula is C12H27N5O. The maximum Gasteiger partial charge on any atom is 0.184 e. The quantitative estimate of drug-likeness (QED) is 0.286. The van der Waals surface area contributed by atoms with E-state index in [0.29, 0.717) is 6.29 Å². The first-order valence-electron chi connectivity index (χ1n) is 6.37. The molecule has 0 aliphatic carbocycles. The highest BCUT2D eigenvalue weighted by Crippen LogP contribution is 1.99. The Kier molecular flexibility index (Phi) is 10.5. The van der Waals surface area contributed by atoms with Gasteiger partial charge in [0.05, 0.1) is 0 Å². The van der Waals surface area contributed by atoms with Crippen LogP contribution >= 0.6 is 0 Å². The topological polar surface area (TPSA) is 74.0 Å². The Morgan fingerprint density at radius 3 is 2.39 bits per heavy atom. The number of rotatable bonds is 5. The predicted molar refractivity (Wildman–Crippen MR) is 76.1 cm³/mol. The minimum atomic E-state index is 0.0370. The summed E-state index contributed by atoms with van der Waals surface area (Å²) in [7, 11) is 5.68. The van der Waals surface area contributed by atoms with Gasteiger partial charge in [-0.2, -0.15) is 0 Å². The Labute approximate surface area is 110 Å². The minimum absolute atomic E-state index is 0.0370. The molecule has 0 aromatic heterocycles. The molecule has 0 aromatic rings. The molecule has 6 nitrogen and oxygen atoms in total. The van der Waals surface area contributed by atoms with Crippen molar-refractivity contribution in [3.05, 3.63) is 0 Å². The number of carbonyl (C=O) groups is 1. The highest BCUT2D eigenvalue weighted by molar-refractivity contribution is 6.26. The maximum atomic E-state index is 9.48. The van der Waals surface area contributed by atoms with E-state index in [9.17, 15) is 4.79 Å². The van der Waals surface area contributed by atoms with Gasteiger partial charge in [-0.15, -0.1) is 0 Å². The molecule has 3 N–H and O–H groups in total. The van der Waals surface area contributed by atoms with Crippen molar-refractivity contribution < 1.29 is 4.79 Å². The highest BCUT2D eigenvalue weighted by Gasteiger charge is 2.12. The predicted octanol–water partition coefficient (Wildman–Crippen LogP) is -0.984. The average Bonchev–Trinajstić information content (AvgIpc) is 2.41. The number of amidine groups is 1. The van der Waals surface area contributed by atoms with Crippen molar-refractivity contribution in [2.24, 2.45) is 10.7 Å². The van der Waals surface area contributed by atoms with Gasteiger partial charge in [-0.3, -0.25) is 9.79 Å². The highest BCUT2D eigenvalue weighted by atomic mass is 16.1. The second-order valence-electron chi connectivity index (χ2n) is 4.37. The number of nitrogens with one attached hydrogen (secondary N) is 1. The third-order valence-corrected chi connectivity index (χ3v) is 2.88. The smallest absolute Gasteiger partial charge is 0.184 e. The van der Waals surface area contributed by atoms with E-state index < -0.39 is 0 Å². The Bertz CT molecular complexity index is 237. The Morgan fingerprint density at radius 2 is 2.00 bits per heavy atom. The van der Waals surface area contributed by atoms with Gasteiger partial charge >= 0.3 is 0 Å². The average molecular weight is 257 g/mol. The molecule has 1 heterocycles. The van der Waals surface area contributed by atoms with Gasteiger partial charge in [0, 0.05) is 33.2 Å². The van der Waals surface area contributed by atoms with E-state index in [1.807, 2.05) is 7.05 Å². The number of likely N-dealkylation sites (N-methyl/N-ethyl adjacent to an activating group) is 1. The Morgan fingerprint density at radius 1 is 1.39 bits per heavy atom. The summed E-state index contributed by atoms with van der Waals surface area (Å²) < 4.78 is 0. The Hall–Kier alpha value is -0.980. The molecule has 0 unspecified atom stereocenters. The molecule has 0 saturated carbocycles. The summed E-state index contributed by atoms with van der Waals surface area (Å²) in [4.78, 5) is 17.8.